The molecular weight excluding hydrogens is 252 g/mol. The first-order chi connectivity index (χ1) is 9.75. The van der Waals surface area contributed by atoms with Gasteiger partial charge < -0.3 is 10.2 Å². The van der Waals surface area contributed by atoms with E-state index in [1.807, 2.05) is 24.3 Å². The summed E-state index contributed by atoms with van der Waals surface area (Å²) in [4.78, 5) is 0. The van der Waals surface area contributed by atoms with E-state index < -0.39 is 0 Å². The molecule has 0 fully saturated rings. The van der Waals surface area contributed by atoms with E-state index in [0.29, 0.717) is 0 Å². The van der Waals surface area contributed by atoms with Crippen molar-refractivity contribution in [3.8, 4) is 11.5 Å². The minimum absolute atomic E-state index is 0.00997. The molecule has 4 nitrogen and oxygen atoms in total. The Morgan fingerprint density at radius 1 is 1.00 bits per heavy atom. The highest BCUT2D eigenvalue weighted by atomic mass is 16.3. The third-order valence-electron chi connectivity index (χ3n) is 2.74. The minimum Gasteiger partial charge on any atom is -0.508 e. The molecule has 0 aromatic heterocycles. The number of phenolic OH excluding ortho intramolecular Hbond substituents is 2. The Labute approximate surface area is 117 Å². The topological polar surface area (TPSA) is 65.2 Å². The first-order valence-electron chi connectivity index (χ1n) is 6.37. The summed E-state index contributed by atoms with van der Waals surface area (Å²) in [5, 5.41) is 26.5. The van der Waals surface area contributed by atoms with Crippen LogP contribution in [0.15, 0.2) is 71.0 Å². The number of azo groups is 1. The number of benzene rings is 2. The van der Waals surface area contributed by atoms with E-state index in [0.717, 1.165) is 12.8 Å². The van der Waals surface area contributed by atoms with Gasteiger partial charge in [0.25, 0.3) is 0 Å². The molecular formula is C16H16N2O2. The third-order valence-corrected chi connectivity index (χ3v) is 2.74. The molecule has 0 unspecified atom stereocenters. The summed E-state index contributed by atoms with van der Waals surface area (Å²) in [5.41, 5.74) is 1.53. The molecule has 0 aliphatic rings. The van der Waals surface area contributed by atoms with Gasteiger partial charge in [-0.05, 0) is 30.5 Å². The van der Waals surface area contributed by atoms with E-state index >= 15 is 0 Å². The van der Waals surface area contributed by atoms with Gasteiger partial charge in [0.2, 0.25) is 0 Å². The van der Waals surface area contributed by atoms with Gasteiger partial charge >= 0.3 is 0 Å². The van der Waals surface area contributed by atoms with Crippen LogP contribution in [-0.2, 0) is 6.42 Å². The van der Waals surface area contributed by atoms with Gasteiger partial charge in [-0.2, -0.15) is 5.11 Å². The molecule has 2 N–H and O–H groups in total. The summed E-state index contributed by atoms with van der Waals surface area (Å²) in [6.07, 6.45) is 5.32. The Morgan fingerprint density at radius 2 is 1.80 bits per heavy atom. The smallest absolute Gasteiger partial charge is 0.143 e. The van der Waals surface area contributed by atoms with Crippen LogP contribution in [0.25, 0.3) is 0 Å². The zero-order valence-corrected chi connectivity index (χ0v) is 11.0. The fourth-order valence-electron chi connectivity index (χ4n) is 1.70. The van der Waals surface area contributed by atoms with Crippen molar-refractivity contribution < 1.29 is 10.2 Å². The van der Waals surface area contributed by atoms with Crippen molar-refractivity contribution in [1.82, 2.24) is 0 Å². The fraction of sp³-hybridized carbons (Fsp3) is 0.125. The van der Waals surface area contributed by atoms with E-state index in [9.17, 15) is 10.2 Å². The van der Waals surface area contributed by atoms with Crippen molar-refractivity contribution in [2.45, 2.75) is 12.8 Å². The molecule has 0 heterocycles. The number of aromatic hydroxyl groups is 2. The second kappa shape index (κ2) is 7.09. The van der Waals surface area contributed by atoms with Gasteiger partial charge in [0.15, 0.2) is 0 Å². The maximum absolute atomic E-state index is 9.50. The molecule has 0 saturated heterocycles. The predicted octanol–water partition coefficient (Wildman–Crippen LogP) is 4.33. The number of phenols is 2. The monoisotopic (exact) mass is 268 g/mol. The lowest BCUT2D eigenvalue weighted by Gasteiger charge is -1.97. The van der Waals surface area contributed by atoms with Gasteiger partial charge in [0.05, 0.1) is 0 Å². The second-order valence-electron chi connectivity index (χ2n) is 4.30. The quantitative estimate of drug-likeness (QED) is 0.626. The van der Waals surface area contributed by atoms with E-state index in [1.54, 1.807) is 6.20 Å². The van der Waals surface area contributed by atoms with Crippen molar-refractivity contribution in [1.29, 1.82) is 0 Å². The van der Waals surface area contributed by atoms with Crippen LogP contribution in [0.5, 0.6) is 11.5 Å². The SMILES string of the molecule is Oc1ccc(O)c(N=NC=CCCc2ccccc2)c1. The largest absolute Gasteiger partial charge is 0.508 e. The summed E-state index contributed by atoms with van der Waals surface area (Å²) >= 11 is 0. The highest BCUT2D eigenvalue weighted by Crippen LogP contribution is 2.30. The van der Waals surface area contributed by atoms with E-state index in [-0.39, 0.29) is 17.2 Å². The molecule has 0 aliphatic carbocycles. The molecule has 102 valence electrons. The summed E-state index contributed by atoms with van der Waals surface area (Å²) in [6, 6.07) is 14.3. The molecule has 2 aromatic carbocycles. The first kappa shape index (κ1) is 13.8. The summed E-state index contributed by atoms with van der Waals surface area (Å²) < 4.78 is 0. The Balaban J connectivity index is 1.84. The van der Waals surface area contributed by atoms with Gasteiger partial charge in [-0.15, -0.1) is 5.11 Å². The van der Waals surface area contributed by atoms with Crippen LogP contribution in [0.4, 0.5) is 5.69 Å². The Hall–Kier alpha value is -2.62. The number of hydrogen-bond acceptors (Lipinski definition) is 4. The third kappa shape index (κ3) is 4.24. The molecule has 4 heteroatoms. The zero-order valence-electron chi connectivity index (χ0n) is 11.0. The number of nitrogens with zero attached hydrogens (tertiary/aromatic N) is 2. The molecule has 0 saturated carbocycles. The average Bonchev–Trinajstić information content (AvgIpc) is 2.47. The van der Waals surface area contributed by atoms with Crippen LogP contribution in [0.2, 0.25) is 0 Å². The highest BCUT2D eigenvalue weighted by Gasteiger charge is 1.99. The zero-order chi connectivity index (χ0) is 14.2. The van der Waals surface area contributed by atoms with Crippen LogP contribution < -0.4 is 0 Å². The summed E-state index contributed by atoms with van der Waals surface area (Å²) in [7, 11) is 0. The first-order valence-corrected chi connectivity index (χ1v) is 6.37. The normalized spacial score (nSPS) is 11.4. The van der Waals surface area contributed by atoms with Gasteiger partial charge in [-0.3, -0.25) is 0 Å². The molecule has 2 rings (SSSR count). The van der Waals surface area contributed by atoms with E-state index in [2.05, 4.69) is 22.4 Å². The van der Waals surface area contributed by atoms with Gasteiger partial charge in [-0.1, -0.05) is 36.4 Å². The Morgan fingerprint density at radius 3 is 2.60 bits per heavy atom. The molecule has 0 aliphatic heterocycles. The molecule has 0 bridgehead atoms. The van der Waals surface area contributed by atoms with Crippen LogP contribution in [0.1, 0.15) is 12.0 Å². The summed E-state index contributed by atoms with van der Waals surface area (Å²) in [6.45, 7) is 0. The highest BCUT2D eigenvalue weighted by molar-refractivity contribution is 5.53. The van der Waals surface area contributed by atoms with Crippen molar-refractivity contribution in [2.24, 2.45) is 10.2 Å². The van der Waals surface area contributed by atoms with Gasteiger partial charge in [-0.25, -0.2) is 0 Å². The lowest BCUT2D eigenvalue weighted by molar-refractivity contribution is 0.461. The molecule has 0 spiro atoms. The van der Waals surface area contributed by atoms with Crippen molar-refractivity contribution >= 4 is 5.69 Å². The maximum atomic E-state index is 9.50. The van der Waals surface area contributed by atoms with Crippen molar-refractivity contribution in [3.05, 3.63) is 66.4 Å². The second-order valence-corrected chi connectivity index (χ2v) is 4.30. The predicted molar refractivity (Wildman–Crippen MR) is 78.2 cm³/mol. The lowest BCUT2D eigenvalue weighted by Crippen LogP contribution is -1.80. The van der Waals surface area contributed by atoms with E-state index in [4.69, 9.17) is 0 Å². The average molecular weight is 268 g/mol. The Bertz CT molecular complexity index is 607. The Kier molecular flexibility index (Phi) is 4.89. The number of hydrogen-bond donors (Lipinski definition) is 2. The maximum Gasteiger partial charge on any atom is 0.143 e. The van der Waals surface area contributed by atoms with Crippen molar-refractivity contribution in [3.63, 3.8) is 0 Å². The van der Waals surface area contributed by atoms with Crippen LogP contribution in [-0.4, -0.2) is 10.2 Å². The minimum atomic E-state index is -0.00997. The molecule has 2 aromatic rings. The lowest BCUT2D eigenvalue weighted by atomic mass is 10.1. The fourth-order valence-corrected chi connectivity index (χ4v) is 1.70. The number of allylic oxidation sites excluding steroid dienone is 1. The van der Waals surface area contributed by atoms with Crippen molar-refractivity contribution in [2.75, 3.05) is 0 Å². The molecule has 0 atom stereocenters. The molecule has 20 heavy (non-hydrogen) atoms. The van der Waals surface area contributed by atoms with Gasteiger partial charge in [0.1, 0.15) is 17.2 Å². The van der Waals surface area contributed by atoms with E-state index in [1.165, 1.54) is 23.8 Å². The van der Waals surface area contributed by atoms with Gasteiger partial charge in [0, 0.05) is 12.3 Å². The van der Waals surface area contributed by atoms with Crippen LogP contribution >= 0.6 is 0 Å². The standard InChI is InChI=1S/C16H16N2O2/c19-14-9-10-16(20)15(12-14)18-17-11-5-4-8-13-6-2-1-3-7-13/h1-3,5-7,9-12,19-20H,4,8H2. The van der Waals surface area contributed by atoms with Crippen LogP contribution in [0, 0.1) is 0 Å². The number of aryl methyl sites for hydroxylation is 1. The molecule has 0 amide bonds. The molecule has 0 radical (unpaired) electrons. The number of rotatable bonds is 5. The summed E-state index contributed by atoms with van der Waals surface area (Å²) in [5.74, 6) is 0.0362. The van der Waals surface area contributed by atoms with Crippen LogP contribution in [0.3, 0.4) is 0 Å².